The Morgan fingerprint density at radius 1 is 1.09 bits per heavy atom. The number of carbonyl (C=O) groups excluding carboxylic acids is 3. The van der Waals surface area contributed by atoms with E-state index < -0.39 is 24.5 Å². The fraction of sp³-hybridized carbons (Fsp3) is 0.227. The van der Waals surface area contributed by atoms with Crippen molar-refractivity contribution >= 4 is 51.7 Å². The van der Waals surface area contributed by atoms with E-state index in [-0.39, 0.29) is 23.7 Å². The Morgan fingerprint density at radius 3 is 2.52 bits per heavy atom. The third-order valence-corrected chi connectivity index (χ3v) is 5.54. The second-order valence-corrected chi connectivity index (χ2v) is 7.95. The van der Waals surface area contributed by atoms with Gasteiger partial charge in [-0.05, 0) is 19.1 Å². The van der Waals surface area contributed by atoms with Crippen LogP contribution < -0.4 is 10.2 Å². The second-order valence-electron chi connectivity index (χ2n) is 6.67. The molecular formula is C22H21ClN4O5S. The Bertz CT molecular complexity index is 1140. The number of nitrogens with zero attached hydrogens (tertiary/aromatic N) is 3. The molecule has 172 valence electrons. The van der Waals surface area contributed by atoms with Crippen LogP contribution in [-0.2, 0) is 19.1 Å². The third kappa shape index (κ3) is 6.27. The van der Waals surface area contributed by atoms with Crippen molar-refractivity contribution in [3.63, 3.8) is 0 Å². The molecule has 0 atom stereocenters. The molecule has 1 aromatic carbocycles. The molecule has 0 bridgehead atoms. The number of halogens is 1. The maximum Gasteiger partial charge on any atom is 0.341 e. The molecule has 11 heteroatoms. The standard InChI is InChI=1S/C22H21ClN4O5S/c1-3-31-21(30)19-15(14-7-4-5-8-16(14)23)13-33-20(19)26-17(28)12-32-18(29)11-27(2)22-24-9-6-10-25-22/h4-10,13H,3,11-12H2,1-2H3,(H,26,28). The highest BCUT2D eigenvalue weighted by Crippen LogP contribution is 2.39. The lowest BCUT2D eigenvalue weighted by Gasteiger charge is -2.15. The van der Waals surface area contributed by atoms with Gasteiger partial charge in [0.15, 0.2) is 6.61 Å². The molecular weight excluding hydrogens is 468 g/mol. The van der Waals surface area contributed by atoms with E-state index in [1.165, 1.54) is 4.90 Å². The number of aromatic nitrogens is 2. The molecule has 0 aliphatic rings. The molecule has 33 heavy (non-hydrogen) atoms. The summed E-state index contributed by atoms with van der Waals surface area (Å²) in [6.45, 7) is 1.19. The minimum Gasteiger partial charge on any atom is -0.462 e. The lowest BCUT2D eigenvalue weighted by atomic mass is 10.0. The monoisotopic (exact) mass is 488 g/mol. The van der Waals surface area contributed by atoms with Crippen LogP contribution in [0.3, 0.4) is 0 Å². The predicted octanol–water partition coefficient (Wildman–Crippen LogP) is 3.65. The van der Waals surface area contributed by atoms with Crippen molar-refractivity contribution in [2.45, 2.75) is 6.92 Å². The van der Waals surface area contributed by atoms with E-state index in [4.69, 9.17) is 21.1 Å². The summed E-state index contributed by atoms with van der Waals surface area (Å²) in [6.07, 6.45) is 3.10. The Labute approximate surface area is 199 Å². The number of amides is 1. The summed E-state index contributed by atoms with van der Waals surface area (Å²) in [5.74, 6) is -1.47. The summed E-state index contributed by atoms with van der Waals surface area (Å²) in [4.78, 5) is 46.7. The summed E-state index contributed by atoms with van der Waals surface area (Å²) in [5, 5.41) is 5.07. The van der Waals surface area contributed by atoms with Crippen LogP contribution in [0.15, 0.2) is 48.1 Å². The molecule has 0 radical (unpaired) electrons. The number of hydrogen-bond acceptors (Lipinski definition) is 9. The SMILES string of the molecule is CCOC(=O)c1c(-c2ccccc2Cl)csc1NC(=O)COC(=O)CN(C)c1ncccn1. The number of nitrogens with one attached hydrogen (secondary N) is 1. The van der Waals surface area contributed by atoms with Crippen LogP contribution in [-0.4, -0.2) is 54.6 Å². The molecule has 1 amide bonds. The molecule has 0 saturated heterocycles. The first-order valence-electron chi connectivity index (χ1n) is 9.87. The predicted molar refractivity (Wildman–Crippen MR) is 126 cm³/mol. The van der Waals surface area contributed by atoms with E-state index in [1.807, 2.05) is 0 Å². The maximum atomic E-state index is 12.6. The highest BCUT2D eigenvalue weighted by molar-refractivity contribution is 7.15. The van der Waals surface area contributed by atoms with E-state index in [1.54, 1.807) is 62.1 Å². The van der Waals surface area contributed by atoms with Gasteiger partial charge in [0.05, 0.1) is 6.61 Å². The Balaban J connectivity index is 1.67. The number of anilines is 2. The lowest BCUT2D eigenvalue weighted by Crippen LogP contribution is -2.30. The van der Waals surface area contributed by atoms with E-state index in [2.05, 4.69) is 15.3 Å². The zero-order valence-electron chi connectivity index (χ0n) is 17.9. The summed E-state index contributed by atoms with van der Waals surface area (Å²) in [5.41, 5.74) is 1.37. The Kier molecular flexibility index (Phi) is 8.34. The van der Waals surface area contributed by atoms with Gasteiger partial charge in [0.1, 0.15) is 17.1 Å². The number of thiophene rings is 1. The van der Waals surface area contributed by atoms with Crippen LogP contribution in [0.5, 0.6) is 0 Å². The molecule has 3 rings (SSSR count). The van der Waals surface area contributed by atoms with Crippen LogP contribution in [0.4, 0.5) is 10.9 Å². The van der Waals surface area contributed by atoms with Crippen molar-refractivity contribution in [3.05, 3.63) is 58.7 Å². The van der Waals surface area contributed by atoms with Gasteiger partial charge < -0.3 is 19.7 Å². The van der Waals surface area contributed by atoms with Crippen LogP contribution in [0, 0.1) is 0 Å². The number of carbonyl (C=O) groups is 3. The molecule has 2 aromatic heterocycles. The lowest BCUT2D eigenvalue weighted by molar-refractivity contribution is -0.145. The van der Waals surface area contributed by atoms with Gasteiger partial charge in [-0.25, -0.2) is 14.8 Å². The van der Waals surface area contributed by atoms with E-state index in [0.717, 1.165) is 11.3 Å². The smallest absolute Gasteiger partial charge is 0.341 e. The first kappa shape index (κ1) is 24.1. The van der Waals surface area contributed by atoms with Gasteiger partial charge >= 0.3 is 11.9 Å². The largest absolute Gasteiger partial charge is 0.462 e. The summed E-state index contributed by atoms with van der Waals surface area (Å²) >= 11 is 7.44. The van der Waals surface area contributed by atoms with Crippen LogP contribution in [0.1, 0.15) is 17.3 Å². The number of ether oxygens (including phenoxy) is 2. The minimum atomic E-state index is -0.631. The molecule has 3 aromatic rings. The topological polar surface area (TPSA) is 111 Å². The van der Waals surface area contributed by atoms with Gasteiger partial charge in [-0.15, -0.1) is 11.3 Å². The van der Waals surface area contributed by atoms with Gasteiger partial charge in [-0.2, -0.15) is 0 Å². The zero-order valence-corrected chi connectivity index (χ0v) is 19.5. The normalized spacial score (nSPS) is 10.4. The second kappa shape index (κ2) is 11.4. The summed E-state index contributed by atoms with van der Waals surface area (Å²) in [6, 6.07) is 8.71. The molecule has 0 saturated carbocycles. The van der Waals surface area contributed by atoms with Crippen molar-refractivity contribution in [2.24, 2.45) is 0 Å². The van der Waals surface area contributed by atoms with Crippen molar-refractivity contribution in [3.8, 4) is 11.1 Å². The summed E-state index contributed by atoms with van der Waals surface area (Å²) in [7, 11) is 1.63. The fourth-order valence-electron chi connectivity index (χ4n) is 2.84. The summed E-state index contributed by atoms with van der Waals surface area (Å²) < 4.78 is 10.2. The highest BCUT2D eigenvalue weighted by atomic mass is 35.5. The molecule has 9 nitrogen and oxygen atoms in total. The van der Waals surface area contributed by atoms with Gasteiger partial charge in [0, 0.05) is 41.0 Å². The van der Waals surface area contributed by atoms with E-state index in [9.17, 15) is 14.4 Å². The molecule has 0 aliphatic heterocycles. The van der Waals surface area contributed by atoms with Gasteiger partial charge in [0.25, 0.3) is 5.91 Å². The quantitative estimate of drug-likeness (QED) is 0.454. The minimum absolute atomic E-state index is 0.138. The van der Waals surface area contributed by atoms with Crippen LogP contribution >= 0.6 is 22.9 Å². The average molecular weight is 489 g/mol. The highest BCUT2D eigenvalue weighted by Gasteiger charge is 2.24. The van der Waals surface area contributed by atoms with Gasteiger partial charge in [-0.3, -0.25) is 9.59 Å². The number of esters is 2. The van der Waals surface area contributed by atoms with Gasteiger partial charge in [-0.1, -0.05) is 29.8 Å². The number of benzene rings is 1. The van der Waals surface area contributed by atoms with Crippen molar-refractivity contribution < 1.29 is 23.9 Å². The number of hydrogen-bond donors (Lipinski definition) is 1. The average Bonchev–Trinajstić information content (AvgIpc) is 3.22. The van der Waals surface area contributed by atoms with Crippen molar-refractivity contribution in [2.75, 3.05) is 37.0 Å². The fourth-order valence-corrected chi connectivity index (χ4v) is 4.04. The van der Waals surface area contributed by atoms with Crippen molar-refractivity contribution in [1.29, 1.82) is 0 Å². The van der Waals surface area contributed by atoms with E-state index in [0.29, 0.717) is 22.1 Å². The Hall–Kier alpha value is -3.50. The van der Waals surface area contributed by atoms with Crippen LogP contribution in [0.2, 0.25) is 5.02 Å². The molecule has 0 spiro atoms. The Morgan fingerprint density at radius 2 is 1.82 bits per heavy atom. The molecule has 2 heterocycles. The molecule has 1 N–H and O–H groups in total. The molecule has 0 fully saturated rings. The van der Waals surface area contributed by atoms with E-state index >= 15 is 0 Å². The van der Waals surface area contributed by atoms with Gasteiger partial charge in [0.2, 0.25) is 5.95 Å². The number of likely N-dealkylation sites (N-methyl/N-ethyl adjacent to an activating group) is 1. The first-order valence-corrected chi connectivity index (χ1v) is 11.1. The third-order valence-electron chi connectivity index (χ3n) is 4.31. The first-order chi connectivity index (χ1) is 15.9. The van der Waals surface area contributed by atoms with Crippen LogP contribution in [0.25, 0.3) is 11.1 Å². The number of rotatable bonds is 9. The maximum absolute atomic E-state index is 12.6. The zero-order chi connectivity index (χ0) is 23.8. The molecule has 0 aliphatic carbocycles. The van der Waals surface area contributed by atoms with Crippen molar-refractivity contribution in [1.82, 2.24) is 9.97 Å². The molecule has 0 unspecified atom stereocenters.